The van der Waals surface area contributed by atoms with Crippen LogP contribution in [0.5, 0.6) is 0 Å². The third-order valence-corrected chi connectivity index (χ3v) is 3.63. The van der Waals surface area contributed by atoms with Crippen molar-refractivity contribution >= 4 is 5.78 Å². The molecule has 1 nitrogen and oxygen atoms in total. The average molecular weight is 265 g/mol. The van der Waals surface area contributed by atoms with E-state index in [2.05, 4.69) is 50.6 Å². The fourth-order valence-electron chi connectivity index (χ4n) is 2.68. The van der Waals surface area contributed by atoms with E-state index in [1.807, 2.05) is 18.2 Å². The van der Waals surface area contributed by atoms with E-state index in [1.54, 1.807) is 6.92 Å². The van der Waals surface area contributed by atoms with Gasteiger partial charge in [-0.15, -0.1) is 0 Å². The summed E-state index contributed by atoms with van der Waals surface area (Å²) in [5.41, 5.74) is 4.62. The second-order valence-electron chi connectivity index (χ2n) is 5.26. The van der Waals surface area contributed by atoms with Crippen LogP contribution in [0, 0.1) is 13.3 Å². The number of carbonyl (C=O) groups is 1. The van der Waals surface area contributed by atoms with Crippen molar-refractivity contribution in [1.29, 1.82) is 0 Å². The number of rotatable bonds is 5. The Morgan fingerprint density at radius 1 is 1.15 bits per heavy atom. The molecule has 1 heteroatoms. The SMILES string of the molecule is C[CH]Cc1cccc(C(C(C)=O)c2ccccc2C)c1. The van der Waals surface area contributed by atoms with E-state index in [1.165, 1.54) is 11.1 Å². The molecule has 1 unspecified atom stereocenters. The second-order valence-corrected chi connectivity index (χ2v) is 5.26. The molecule has 0 aromatic heterocycles. The van der Waals surface area contributed by atoms with E-state index in [0.717, 1.165) is 17.5 Å². The van der Waals surface area contributed by atoms with Crippen molar-refractivity contribution in [3.8, 4) is 0 Å². The highest BCUT2D eigenvalue weighted by atomic mass is 16.1. The summed E-state index contributed by atoms with van der Waals surface area (Å²) < 4.78 is 0. The molecule has 0 aliphatic rings. The standard InChI is InChI=1S/C19H21O/c1-4-8-16-10-7-11-17(13-16)19(15(3)20)18-12-6-5-9-14(18)2/h4-7,9-13,19H,8H2,1-3H3. The van der Waals surface area contributed by atoms with Crippen LogP contribution in [0.1, 0.15) is 42.0 Å². The van der Waals surface area contributed by atoms with Crippen LogP contribution in [0.25, 0.3) is 0 Å². The van der Waals surface area contributed by atoms with Gasteiger partial charge in [0.05, 0.1) is 5.92 Å². The van der Waals surface area contributed by atoms with Crippen LogP contribution in [0.2, 0.25) is 0 Å². The van der Waals surface area contributed by atoms with E-state index in [4.69, 9.17) is 0 Å². The molecule has 2 aromatic rings. The zero-order valence-electron chi connectivity index (χ0n) is 12.4. The van der Waals surface area contributed by atoms with E-state index in [0.29, 0.717) is 0 Å². The van der Waals surface area contributed by atoms with Gasteiger partial charge in [-0.3, -0.25) is 4.79 Å². The minimum absolute atomic E-state index is 0.159. The molecule has 0 heterocycles. The molecule has 0 aliphatic carbocycles. The van der Waals surface area contributed by atoms with Crippen LogP contribution in [0.4, 0.5) is 0 Å². The lowest BCUT2D eigenvalue weighted by Crippen LogP contribution is -2.12. The maximum atomic E-state index is 12.2. The quantitative estimate of drug-likeness (QED) is 0.779. The number of benzene rings is 2. The van der Waals surface area contributed by atoms with E-state index in [9.17, 15) is 4.79 Å². The van der Waals surface area contributed by atoms with Crippen molar-refractivity contribution in [2.45, 2.75) is 33.1 Å². The summed E-state index contributed by atoms with van der Waals surface area (Å²) in [4.78, 5) is 12.2. The van der Waals surface area contributed by atoms with Crippen LogP contribution in [0.3, 0.4) is 0 Å². The zero-order chi connectivity index (χ0) is 14.5. The summed E-state index contributed by atoms with van der Waals surface area (Å²) in [7, 11) is 0. The lowest BCUT2D eigenvalue weighted by molar-refractivity contribution is -0.117. The Morgan fingerprint density at radius 3 is 2.55 bits per heavy atom. The first-order valence-electron chi connectivity index (χ1n) is 7.06. The fourth-order valence-corrected chi connectivity index (χ4v) is 2.68. The van der Waals surface area contributed by atoms with Crippen LogP contribution in [0.15, 0.2) is 48.5 Å². The number of hydrogen-bond donors (Lipinski definition) is 0. The Hall–Kier alpha value is -1.89. The molecule has 0 aliphatic heterocycles. The Labute approximate surface area is 121 Å². The average Bonchev–Trinajstić information content (AvgIpc) is 2.42. The summed E-state index contributed by atoms with van der Waals surface area (Å²) in [6.45, 7) is 5.79. The molecule has 103 valence electrons. The molecule has 0 N–H and O–H groups in total. The molecular formula is C19H21O. The van der Waals surface area contributed by atoms with Gasteiger partial charge in [0.15, 0.2) is 0 Å². The third-order valence-electron chi connectivity index (χ3n) is 3.63. The molecule has 0 bridgehead atoms. The van der Waals surface area contributed by atoms with Crippen LogP contribution < -0.4 is 0 Å². The van der Waals surface area contributed by atoms with Crippen LogP contribution in [-0.2, 0) is 11.2 Å². The molecule has 0 spiro atoms. The highest BCUT2D eigenvalue weighted by molar-refractivity contribution is 5.87. The first kappa shape index (κ1) is 14.5. The van der Waals surface area contributed by atoms with Gasteiger partial charge in [-0.25, -0.2) is 0 Å². The second kappa shape index (κ2) is 6.51. The number of ketones is 1. The molecule has 1 radical (unpaired) electrons. The molecule has 0 saturated heterocycles. The topological polar surface area (TPSA) is 17.1 Å². The maximum absolute atomic E-state index is 12.2. The minimum atomic E-state index is -0.159. The van der Waals surface area contributed by atoms with Crippen molar-refractivity contribution in [2.75, 3.05) is 0 Å². The predicted molar refractivity (Wildman–Crippen MR) is 83.8 cm³/mol. The van der Waals surface area contributed by atoms with Gasteiger partial charge >= 0.3 is 0 Å². The first-order chi connectivity index (χ1) is 9.63. The monoisotopic (exact) mass is 265 g/mol. The first-order valence-corrected chi connectivity index (χ1v) is 7.06. The van der Waals surface area contributed by atoms with E-state index < -0.39 is 0 Å². The number of Topliss-reactive ketones (excluding diaryl/α,β-unsaturated/α-hetero) is 1. The molecule has 1 atom stereocenters. The van der Waals surface area contributed by atoms with Gasteiger partial charge in [-0.2, -0.15) is 0 Å². The molecule has 0 saturated carbocycles. The van der Waals surface area contributed by atoms with Crippen LogP contribution >= 0.6 is 0 Å². The van der Waals surface area contributed by atoms with Gasteiger partial charge in [0.25, 0.3) is 0 Å². The normalized spacial score (nSPS) is 12.2. The van der Waals surface area contributed by atoms with Crippen molar-refractivity contribution in [3.63, 3.8) is 0 Å². The smallest absolute Gasteiger partial charge is 0.141 e. The Kier molecular flexibility index (Phi) is 4.73. The van der Waals surface area contributed by atoms with Crippen molar-refractivity contribution in [3.05, 3.63) is 77.2 Å². The summed E-state index contributed by atoms with van der Waals surface area (Å²) >= 11 is 0. The predicted octanol–water partition coefficient (Wildman–Crippen LogP) is 4.48. The van der Waals surface area contributed by atoms with Crippen molar-refractivity contribution in [2.24, 2.45) is 0 Å². The van der Waals surface area contributed by atoms with Crippen LogP contribution in [-0.4, -0.2) is 5.78 Å². The maximum Gasteiger partial charge on any atom is 0.141 e. The largest absolute Gasteiger partial charge is 0.299 e. The van der Waals surface area contributed by atoms with E-state index >= 15 is 0 Å². The van der Waals surface area contributed by atoms with Gasteiger partial charge in [-0.05, 0) is 48.9 Å². The summed E-state index contributed by atoms with van der Waals surface area (Å²) in [6, 6.07) is 16.5. The number of hydrogen-bond acceptors (Lipinski definition) is 1. The summed E-state index contributed by atoms with van der Waals surface area (Å²) in [5.74, 6) is 0.0323. The lowest BCUT2D eigenvalue weighted by atomic mass is 9.85. The zero-order valence-corrected chi connectivity index (χ0v) is 12.4. The summed E-state index contributed by atoms with van der Waals surface area (Å²) in [5, 5.41) is 0. The number of carbonyl (C=O) groups excluding carboxylic acids is 1. The Bertz CT molecular complexity index is 598. The van der Waals surface area contributed by atoms with Crippen molar-refractivity contribution in [1.82, 2.24) is 0 Å². The lowest BCUT2D eigenvalue weighted by Gasteiger charge is -2.18. The third kappa shape index (κ3) is 3.16. The van der Waals surface area contributed by atoms with Gasteiger partial charge in [0, 0.05) is 0 Å². The number of aryl methyl sites for hydroxylation is 1. The van der Waals surface area contributed by atoms with Gasteiger partial charge in [0.2, 0.25) is 0 Å². The Balaban J connectivity index is 2.47. The molecule has 20 heavy (non-hydrogen) atoms. The van der Waals surface area contributed by atoms with E-state index in [-0.39, 0.29) is 11.7 Å². The minimum Gasteiger partial charge on any atom is -0.299 e. The Morgan fingerprint density at radius 2 is 1.90 bits per heavy atom. The highest BCUT2D eigenvalue weighted by Crippen LogP contribution is 2.28. The molecule has 2 rings (SSSR count). The van der Waals surface area contributed by atoms with Gasteiger partial charge in [-0.1, -0.05) is 55.5 Å². The molecule has 2 aromatic carbocycles. The van der Waals surface area contributed by atoms with Gasteiger partial charge in [0.1, 0.15) is 5.78 Å². The van der Waals surface area contributed by atoms with Crippen molar-refractivity contribution < 1.29 is 4.79 Å². The molecule has 0 fully saturated rings. The fraction of sp³-hybridized carbons (Fsp3) is 0.263. The summed E-state index contributed by atoms with van der Waals surface area (Å²) in [6.07, 6.45) is 3.07. The molecular weight excluding hydrogens is 244 g/mol. The molecule has 0 amide bonds. The van der Waals surface area contributed by atoms with Gasteiger partial charge < -0.3 is 0 Å². The highest BCUT2D eigenvalue weighted by Gasteiger charge is 2.20.